The number of nitrogens with zero attached hydrogens (tertiary/aromatic N) is 1. The van der Waals surface area contributed by atoms with Crippen molar-refractivity contribution < 1.29 is 4.74 Å². The van der Waals surface area contributed by atoms with Gasteiger partial charge in [0, 0.05) is 12.0 Å². The highest BCUT2D eigenvalue weighted by Crippen LogP contribution is 2.47. The summed E-state index contributed by atoms with van der Waals surface area (Å²) in [6.45, 7) is 0.737. The topological polar surface area (TPSA) is 34.1 Å². The van der Waals surface area contributed by atoms with Crippen LogP contribution in [-0.2, 0) is 23.1 Å². The van der Waals surface area contributed by atoms with Crippen LogP contribution in [0.1, 0.15) is 34.8 Å². The van der Waals surface area contributed by atoms with Gasteiger partial charge in [0.15, 0.2) is 0 Å². The zero-order valence-electron chi connectivity index (χ0n) is 10.6. The minimum Gasteiger partial charge on any atom is -0.382 e. The highest BCUT2D eigenvalue weighted by atomic mass is 32.1. The van der Waals surface area contributed by atoms with Gasteiger partial charge in [-0.05, 0) is 45.1 Å². The van der Waals surface area contributed by atoms with Crippen molar-refractivity contribution in [3.8, 4) is 0 Å². The number of fused-ring (bicyclic) bond motifs is 1. The molecule has 3 rings (SSSR count). The van der Waals surface area contributed by atoms with Crippen LogP contribution < -0.4 is 5.32 Å². The van der Waals surface area contributed by atoms with Crippen molar-refractivity contribution in [2.75, 3.05) is 20.8 Å². The first-order valence-electron chi connectivity index (χ1n) is 6.47. The fraction of sp³-hybridized carbons (Fsp3) is 0.769. The summed E-state index contributed by atoms with van der Waals surface area (Å²) in [4.78, 5) is 6.40. The highest BCUT2D eigenvalue weighted by Gasteiger charge is 2.48. The van der Waals surface area contributed by atoms with Crippen molar-refractivity contribution in [2.45, 2.75) is 37.6 Å². The third-order valence-electron chi connectivity index (χ3n) is 4.07. The molecule has 1 aromatic heterocycles. The molecule has 1 atom stereocenters. The summed E-state index contributed by atoms with van der Waals surface area (Å²) in [5, 5.41) is 4.76. The lowest BCUT2D eigenvalue weighted by atomic mass is 9.95. The smallest absolute Gasteiger partial charge is 0.116 e. The quantitative estimate of drug-likeness (QED) is 0.871. The molecule has 0 bridgehead atoms. The zero-order valence-corrected chi connectivity index (χ0v) is 11.4. The van der Waals surface area contributed by atoms with E-state index in [0.29, 0.717) is 5.92 Å². The Balaban J connectivity index is 1.96. The number of nitrogens with one attached hydrogen (secondary N) is 1. The van der Waals surface area contributed by atoms with E-state index < -0.39 is 0 Å². The van der Waals surface area contributed by atoms with E-state index in [0.717, 1.165) is 6.61 Å². The molecule has 94 valence electrons. The number of rotatable bonds is 5. The van der Waals surface area contributed by atoms with Gasteiger partial charge < -0.3 is 10.1 Å². The third-order valence-corrected chi connectivity index (χ3v) is 5.40. The second-order valence-corrected chi connectivity index (χ2v) is 6.25. The molecule has 3 nitrogen and oxygen atoms in total. The monoisotopic (exact) mass is 252 g/mol. The lowest BCUT2D eigenvalue weighted by Crippen LogP contribution is -2.46. The number of ether oxygens (including phenoxy) is 1. The first-order chi connectivity index (χ1) is 8.30. The Bertz CT molecular complexity index is 392. The van der Waals surface area contributed by atoms with Crippen molar-refractivity contribution in [2.24, 2.45) is 5.92 Å². The van der Waals surface area contributed by atoms with Gasteiger partial charge in [0.25, 0.3) is 0 Å². The fourth-order valence-electron chi connectivity index (χ4n) is 2.92. The molecule has 0 aromatic carbocycles. The number of hydrogen-bond donors (Lipinski definition) is 1. The van der Waals surface area contributed by atoms with Gasteiger partial charge in [-0.1, -0.05) is 0 Å². The van der Waals surface area contributed by atoms with Gasteiger partial charge in [-0.15, -0.1) is 11.3 Å². The van der Waals surface area contributed by atoms with Crippen LogP contribution >= 0.6 is 11.3 Å². The van der Waals surface area contributed by atoms with Gasteiger partial charge >= 0.3 is 0 Å². The summed E-state index contributed by atoms with van der Waals surface area (Å²) in [6, 6.07) is 0. The van der Waals surface area contributed by atoms with E-state index in [1.54, 1.807) is 7.11 Å². The average molecular weight is 252 g/mol. The van der Waals surface area contributed by atoms with Gasteiger partial charge in [0.2, 0.25) is 0 Å². The normalized spacial score (nSPS) is 22.5. The van der Waals surface area contributed by atoms with Crippen LogP contribution in [0.4, 0.5) is 0 Å². The van der Waals surface area contributed by atoms with E-state index in [2.05, 4.69) is 5.32 Å². The van der Waals surface area contributed by atoms with Gasteiger partial charge in [-0.25, -0.2) is 4.98 Å². The average Bonchev–Trinajstić information content (AvgIpc) is 2.95. The Morgan fingerprint density at radius 2 is 2.29 bits per heavy atom. The summed E-state index contributed by atoms with van der Waals surface area (Å²) < 4.78 is 5.46. The molecule has 0 spiro atoms. The molecule has 1 fully saturated rings. The van der Waals surface area contributed by atoms with Crippen LogP contribution in [0.25, 0.3) is 0 Å². The fourth-order valence-corrected chi connectivity index (χ4v) is 4.33. The molecule has 4 heteroatoms. The Morgan fingerprint density at radius 3 is 2.88 bits per heavy atom. The predicted molar refractivity (Wildman–Crippen MR) is 69.5 cm³/mol. The van der Waals surface area contributed by atoms with E-state index >= 15 is 0 Å². The molecule has 0 amide bonds. The van der Waals surface area contributed by atoms with Crippen LogP contribution in [-0.4, -0.2) is 25.7 Å². The van der Waals surface area contributed by atoms with Gasteiger partial charge in [0.1, 0.15) is 5.01 Å². The number of methoxy groups -OCH3 is 1. The number of likely N-dealkylation sites (N-methyl/N-ethyl adjacent to an activating group) is 1. The summed E-state index contributed by atoms with van der Waals surface area (Å²) in [7, 11) is 3.83. The maximum Gasteiger partial charge on any atom is 0.116 e. The zero-order chi connectivity index (χ0) is 11.9. The lowest BCUT2D eigenvalue weighted by molar-refractivity contribution is 0.0980. The molecule has 17 heavy (non-hydrogen) atoms. The molecular formula is C13H20N2OS. The van der Waals surface area contributed by atoms with Crippen LogP contribution in [0.2, 0.25) is 0 Å². The van der Waals surface area contributed by atoms with Gasteiger partial charge in [-0.2, -0.15) is 0 Å². The Hall–Kier alpha value is -0.450. The third kappa shape index (κ3) is 1.83. The first-order valence-corrected chi connectivity index (χ1v) is 7.28. The van der Waals surface area contributed by atoms with E-state index in [4.69, 9.17) is 9.72 Å². The molecule has 1 saturated carbocycles. The largest absolute Gasteiger partial charge is 0.382 e. The van der Waals surface area contributed by atoms with E-state index in [1.165, 1.54) is 47.7 Å². The Labute approximate surface area is 107 Å². The van der Waals surface area contributed by atoms with Gasteiger partial charge in [-0.3, -0.25) is 0 Å². The molecule has 1 N–H and O–H groups in total. The molecule has 0 saturated heterocycles. The molecular weight excluding hydrogens is 232 g/mol. The molecule has 2 aliphatic carbocycles. The summed E-state index contributed by atoms with van der Waals surface area (Å²) in [6.07, 6.45) is 6.28. The summed E-state index contributed by atoms with van der Waals surface area (Å²) in [5.74, 6) is 0.707. The molecule has 0 aliphatic heterocycles. The van der Waals surface area contributed by atoms with Crippen molar-refractivity contribution in [1.82, 2.24) is 10.3 Å². The number of aryl methyl sites for hydroxylation is 2. The molecule has 1 heterocycles. The van der Waals surface area contributed by atoms with E-state index in [-0.39, 0.29) is 5.54 Å². The maximum atomic E-state index is 5.46. The van der Waals surface area contributed by atoms with Crippen molar-refractivity contribution in [1.29, 1.82) is 0 Å². The van der Waals surface area contributed by atoms with Crippen LogP contribution in [0.5, 0.6) is 0 Å². The molecule has 1 aromatic rings. The minimum absolute atomic E-state index is 0.0241. The summed E-state index contributed by atoms with van der Waals surface area (Å²) in [5.41, 5.74) is 1.32. The second-order valence-electron chi connectivity index (χ2n) is 5.17. The van der Waals surface area contributed by atoms with E-state index in [9.17, 15) is 0 Å². The van der Waals surface area contributed by atoms with Crippen molar-refractivity contribution in [3.05, 3.63) is 15.6 Å². The maximum absolute atomic E-state index is 5.46. The van der Waals surface area contributed by atoms with Crippen LogP contribution in [0, 0.1) is 5.92 Å². The molecule has 2 aliphatic rings. The summed E-state index contributed by atoms with van der Waals surface area (Å²) >= 11 is 1.91. The first kappa shape index (κ1) is 11.6. The Kier molecular flexibility index (Phi) is 2.97. The predicted octanol–water partition coefficient (Wildman–Crippen LogP) is 2.10. The standard InChI is InChI=1S/C13H20N2OS/c1-14-13(8-16-2,9-6-7-9)12-15-10-4-3-5-11(10)17-12/h9,14H,3-8H2,1-2H3. The van der Waals surface area contributed by atoms with Crippen molar-refractivity contribution in [3.63, 3.8) is 0 Å². The van der Waals surface area contributed by atoms with Crippen molar-refractivity contribution >= 4 is 11.3 Å². The Morgan fingerprint density at radius 1 is 1.47 bits per heavy atom. The number of thiazole rings is 1. The molecule has 0 radical (unpaired) electrons. The second kappa shape index (κ2) is 4.34. The van der Waals surface area contributed by atoms with Crippen LogP contribution in [0.3, 0.4) is 0 Å². The van der Waals surface area contributed by atoms with Crippen LogP contribution in [0.15, 0.2) is 0 Å². The molecule has 1 unspecified atom stereocenters. The number of hydrogen-bond acceptors (Lipinski definition) is 4. The minimum atomic E-state index is -0.0241. The van der Waals surface area contributed by atoms with Gasteiger partial charge in [0.05, 0.1) is 17.8 Å². The van der Waals surface area contributed by atoms with E-state index in [1.807, 2.05) is 18.4 Å². The highest BCUT2D eigenvalue weighted by molar-refractivity contribution is 7.12. The lowest BCUT2D eigenvalue weighted by Gasteiger charge is -2.31. The number of aromatic nitrogens is 1. The SMILES string of the molecule is CNC(COC)(c1nc2c(s1)CCC2)C1CC1.